The van der Waals surface area contributed by atoms with E-state index in [-0.39, 0.29) is 11.9 Å². The van der Waals surface area contributed by atoms with Crippen molar-refractivity contribution in [3.8, 4) is 6.07 Å². The van der Waals surface area contributed by atoms with E-state index in [0.29, 0.717) is 5.56 Å². The number of rotatable bonds is 2. The monoisotopic (exact) mass is 244 g/mol. The van der Waals surface area contributed by atoms with Crippen LogP contribution in [0.4, 0.5) is 5.69 Å². The minimum Gasteiger partial charge on any atom is -0.357 e. The second-order valence-corrected chi connectivity index (χ2v) is 4.32. The van der Waals surface area contributed by atoms with Crippen LogP contribution in [-0.2, 0) is 4.79 Å². The van der Waals surface area contributed by atoms with Crippen molar-refractivity contribution in [2.24, 2.45) is 0 Å². The molecule has 0 aromatic carbocycles. The van der Waals surface area contributed by atoms with Crippen LogP contribution in [-0.4, -0.2) is 30.5 Å². The minimum absolute atomic E-state index is 0.00226. The van der Waals surface area contributed by atoms with Crippen LogP contribution in [0.1, 0.15) is 24.8 Å². The van der Waals surface area contributed by atoms with E-state index in [1.807, 2.05) is 4.90 Å². The normalized spacial score (nSPS) is 19.1. The van der Waals surface area contributed by atoms with Crippen molar-refractivity contribution in [2.45, 2.75) is 25.3 Å². The average Bonchev–Trinajstić information content (AvgIpc) is 2.46. The van der Waals surface area contributed by atoms with Gasteiger partial charge in [0, 0.05) is 19.8 Å². The molecule has 1 aromatic rings. The maximum Gasteiger partial charge on any atom is 0.242 e. The lowest BCUT2D eigenvalue weighted by Gasteiger charge is -2.36. The molecule has 0 bridgehead atoms. The summed E-state index contributed by atoms with van der Waals surface area (Å²) in [6, 6.07) is 3.65. The third kappa shape index (κ3) is 2.28. The van der Waals surface area contributed by atoms with Crippen LogP contribution in [0.3, 0.4) is 0 Å². The first-order valence-electron chi connectivity index (χ1n) is 6.10. The molecule has 0 aliphatic carbocycles. The molecule has 5 nitrogen and oxygen atoms in total. The molecule has 2 rings (SSSR count). The topological polar surface area (TPSA) is 69.0 Å². The Morgan fingerprint density at radius 3 is 3.17 bits per heavy atom. The van der Waals surface area contributed by atoms with Crippen LogP contribution >= 0.6 is 0 Å². The van der Waals surface area contributed by atoms with Gasteiger partial charge < -0.3 is 10.2 Å². The predicted octanol–water partition coefficient (Wildman–Crippen LogP) is 1.06. The van der Waals surface area contributed by atoms with Crippen LogP contribution in [0, 0.1) is 11.3 Å². The fraction of sp³-hybridized carbons (Fsp3) is 0.462. The number of anilines is 1. The van der Waals surface area contributed by atoms with E-state index in [1.54, 1.807) is 25.5 Å². The highest BCUT2D eigenvalue weighted by molar-refractivity contribution is 5.85. The maximum atomic E-state index is 11.9. The zero-order valence-corrected chi connectivity index (χ0v) is 10.4. The summed E-state index contributed by atoms with van der Waals surface area (Å²) in [6.45, 7) is 0.790. The summed E-state index contributed by atoms with van der Waals surface area (Å²) >= 11 is 0. The maximum absolute atomic E-state index is 11.9. The van der Waals surface area contributed by atoms with Crippen molar-refractivity contribution < 1.29 is 4.79 Å². The zero-order valence-electron chi connectivity index (χ0n) is 10.4. The standard InChI is InChI=1S/C13H16N4O/c1-15-13(18)11-4-2-3-7-17(11)12-9-16-6-5-10(12)8-14/h5-6,9,11H,2-4,7H2,1H3,(H,15,18). The Bertz CT molecular complexity index is 480. The molecular formula is C13H16N4O. The molecule has 1 aliphatic rings. The third-order valence-corrected chi connectivity index (χ3v) is 3.28. The Balaban J connectivity index is 2.34. The van der Waals surface area contributed by atoms with E-state index in [1.165, 1.54) is 0 Å². The highest BCUT2D eigenvalue weighted by atomic mass is 16.2. The lowest BCUT2D eigenvalue weighted by atomic mass is 10.00. The van der Waals surface area contributed by atoms with Gasteiger partial charge in [-0.15, -0.1) is 0 Å². The van der Waals surface area contributed by atoms with Gasteiger partial charge in [-0.05, 0) is 25.3 Å². The van der Waals surface area contributed by atoms with Crippen LogP contribution in [0.15, 0.2) is 18.5 Å². The number of hydrogen-bond acceptors (Lipinski definition) is 4. The van der Waals surface area contributed by atoms with Crippen molar-refractivity contribution in [1.29, 1.82) is 5.26 Å². The molecular weight excluding hydrogens is 228 g/mol. The number of hydrogen-bond donors (Lipinski definition) is 1. The van der Waals surface area contributed by atoms with Crippen LogP contribution in [0.25, 0.3) is 0 Å². The molecule has 0 saturated carbocycles. The predicted molar refractivity (Wildman–Crippen MR) is 68.0 cm³/mol. The fourth-order valence-corrected chi connectivity index (χ4v) is 2.37. The van der Waals surface area contributed by atoms with Crippen molar-refractivity contribution in [3.63, 3.8) is 0 Å². The molecule has 1 fully saturated rings. The van der Waals surface area contributed by atoms with Crippen molar-refractivity contribution in [1.82, 2.24) is 10.3 Å². The average molecular weight is 244 g/mol. The Labute approximate surface area is 106 Å². The fourth-order valence-electron chi connectivity index (χ4n) is 2.37. The van der Waals surface area contributed by atoms with Gasteiger partial charge >= 0.3 is 0 Å². The molecule has 1 atom stereocenters. The smallest absolute Gasteiger partial charge is 0.242 e. The molecule has 1 amide bonds. The Kier molecular flexibility index (Phi) is 3.78. The van der Waals surface area contributed by atoms with E-state index >= 15 is 0 Å². The lowest BCUT2D eigenvalue weighted by Crippen LogP contribution is -2.49. The lowest BCUT2D eigenvalue weighted by molar-refractivity contribution is -0.122. The SMILES string of the molecule is CNC(=O)C1CCCCN1c1cnccc1C#N. The van der Waals surface area contributed by atoms with Gasteiger partial charge in [-0.25, -0.2) is 0 Å². The van der Waals surface area contributed by atoms with Crippen LogP contribution < -0.4 is 10.2 Å². The quantitative estimate of drug-likeness (QED) is 0.844. The third-order valence-electron chi connectivity index (χ3n) is 3.28. The first-order chi connectivity index (χ1) is 8.77. The molecule has 5 heteroatoms. The van der Waals surface area contributed by atoms with Crippen LogP contribution in [0.5, 0.6) is 0 Å². The summed E-state index contributed by atoms with van der Waals surface area (Å²) in [6.07, 6.45) is 6.16. The number of carbonyl (C=O) groups is 1. The number of amides is 1. The first kappa shape index (κ1) is 12.4. The van der Waals surface area contributed by atoms with Gasteiger partial charge in [-0.1, -0.05) is 0 Å². The summed E-state index contributed by atoms with van der Waals surface area (Å²) < 4.78 is 0. The number of likely N-dealkylation sites (N-methyl/N-ethyl adjacent to an activating group) is 1. The summed E-state index contributed by atoms with van der Waals surface area (Å²) in [7, 11) is 1.64. The van der Waals surface area contributed by atoms with E-state index in [0.717, 1.165) is 31.5 Å². The molecule has 1 aromatic heterocycles. The molecule has 18 heavy (non-hydrogen) atoms. The Hall–Kier alpha value is -2.09. The number of pyridine rings is 1. The van der Waals surface area contributed by atoms with Gasteiger partial charge in [0.1, 0.15) is 12.1 Å². The number of carbonyl (C=O) groups excluding carboxylic acids is 1. The molecule has 1 N–H and O–H groups in total. The molecule has 1 unspecified atom stereocenters. The van der Waals surface area contributed by atoms with Crippen LogP contribution in [0.2, 0.25) is 0 Å². The summed E-state index contributed by atoms with van der Waals surface area (Å²) in [4.78, 5) is 18.0. The van der Waals surface area contributed by atoms with Gasteiger partial charge in [0.2, 0.25) is 5.91 Å². The second kappa shape index (κ2) is 5.50. The molecule has 0 spiro atoms. The molecule has 1 saturated heterocycles. The molecule has 94 valence electrons. The zero-order chi connectivity index (χ0) is 13.0. The molecule has 2 heterocycles. The molecule has 1 aliphatic heterocycles. The van der Waals surface area contributed by atoms with E-state index < -0.39 is 0 Å². The van der Waals surface area contributed by atoms with Gasteiger partial charge in [0.15, 0.2) is 0 Å². The van der Waals surface area contributed by atoms with Crippen molar-refractivity contribution in [2.75, 3.05) is 18.5 Å². The van der Waals surface area contributed by atoms with Gasteiger partial charge in [0.25, 0.3) is 0 Å². The summed E-state index contributed by atoms with van der Waals surface area (Å²) in [5.74, 6) is 0.00226. The number of aromatic nitrogens is 1. The Morgan fingerprint density at radius 2 is 2.44 bits per heavy atom. The summed E-state index contributed by atoms with van der Waals surface area (Å²) in [5.41, 5.74) is 1.33. The van der Waals surface area contributed by atoms with E-state index in [2.05, 4.69) is 16.4 Å². The number of nitriles is 1. The highest BCUT2D eigenvalue weighted by Gasteiger charge is 2.29. The number of piperidine rings is 1. The van der Waals surface area contributed by atoms with Gasteiger partial charge in [0.05, 0.1) is 17.4 Å². The number of nitrogens with zero attached hydrogens (tertiary/aromatic N) is 3. The highest BCUT2D eigenvalue weighted by Crippen LogP contribution is 2.26. The summed E-state index contributed by atoms with van der Waals surface area (Å²) in [5, 5.41) is 11.8. The Morgan fingerprint density at radius 1 is 1.61 bits per heavy atom. The van der Waals surface area contributed by atoms with Crippen molar-refractivity contribution in [3.05, 3.63) is 24.0 Å². The largest absolute Gasteiger partial charge is 0.357 e. The van der Waals surface area contributed by atoms with E-state index in [4.69, 9.17) is 5.26 Å². The van der Waals surface area contributed by atoms with Crippen molar-refractivity contribution >= 4 is 11.6 Å². The first-order valence-corrected chi connectivity index (χ1v) is 6.10. The second-order valence-electron chi connectivity index (χ2n) is 4.32. The van der Waals surface area contributed by atoms with Gasteiger partial charge in [-0.2, -0.15) is 5.26 Å². The van der Waals surface area contributed by atoms with Gasteiger partial charge in [-0.3, -0.25) is 9.78 Å². The number of nitrogens with one attached hydrogen (secondary N) is 1. The minimum atomic E-state index is -0.194. The molecule has 0 radical (unpaired) electrons. The van der Waals surface area contributed by atoms with E-state index in [9.17, 15) is 4.79 Å².